The number of aromatic hydroxyl groups is 1. The number of phenolic OH excluding ortho intramolecular Hbond substituents is 1. The van der Waals surface area contributed by atoms with Crippen LogP contribution in [0.4, 0.5) is 0 Å². The largest absolute Gasteiger partial charge is 0.504 e. The first kappa shape index (κ1) is 19.0. The molecule has 0 atom stereocenters. The summed E-state index contributed by atoms with van der Waals surface area (Å²) in [5.41, 5.74) is 4.04. The Morgan fingerprint density at radius 3 is 2.64 bits per heavy atom. The SMILES string of the molecule is COc1ccc(C=NNC(=O)c2oc(-c3ccccc3OC)nc2C)cc1O. The monoisotopic (exact) mass is 381 g/mol. The van der Waals surface area contributed by atoms with Crippen molar-refractivity contribution in [3.63, 3.8) is 0 Å². The fourth-order valence-electron chi connectivity index (χ4n) is 2.55. The molecule has 0 saturated carbocycles. The Morgan fingerprint density at radius 2 is 1.93 bits per heavy atom. The van der Waals surface area contributed by atoms with Crippen molar-refractivity contribution < 1.29 is 23.8 Å². The zero-order chi connectivity index (χ0) is 20.1. The van der Waals surface area contributed by atoms with Crippen LogP contribution in [0.5, 0.6) is 17.2 Å². The summed E-state index contributed by atoms with van der Waals surface area (Å²) in [6.45, 7) is 1.67. The second kappa shape index (κ2) is 8.26. The molecule has 0 unspecified atom stereocenters. The van der Waals surface area contributed by atoms with Gasteiger partial charge in [-0.05, 0) is 42.8 Å². The number of amides is 1. The maximum Gasteiger partial charge on any atom is 0.309 e. The van der Waals surface area contributed by atoms with E-state index in [2.05, 4.69) is 15.5 Å². The van der Waals surface area contributed by atoms with Gasteiger partial charge in [0, 0.05) is 0 Å². The maximum absolute atomic E-state index is 12.4. The van der Waals surface area contributed by atoms with Gasteiger partial charge in [-0.2, -0.15) is 5.10 Å². The number of oxazole rings is 1. The molecule has 0 fully saturated rings. The molecule has 0 aliphatic rings. The van der Waals surface area contributed by atoms with Crippen LogP contribution in [0.2, 0.25) is 0 Å². The lowest BCUT2D eigenvalue weighted by molar-refractivity contribution is 0.0927. The Labute approximate surface area is 161 Å². The van der Waals surface area contributed by atoms with Crippen LogP contribution in [0.3, 0.4) is 0 Å². The fraction of sp³-hybridized carbons (Fsp3) is 0.150. The summed E-state index contributed by atoms with van der Waals surface area (Å²) in [7, 11) is 3.01. The van der Waals surface area contributed by atoms with Crippen molar-refractivity contribution >= 4 is 12.1 Å². The first-order valence-electron chi connectivity index (χ1n) is 8.34. The number of hydrogen-bond donors (Lipinski definition) is 2. The molecular formula is C20H19N3O5. The van der Waals surface area contributed by atoms with E-state index in [0.717, 1.165) is 0 Å². The van der Waals surface area contributed by atoms with E-state index in [0.29, 0.717) is 28.3 Å². The number of methoxy groups -OCH3 is 2. The van der Waals surface area contributed by atoms with Gasteiger partial charge in [-0.3, -0.25) is 4.79 Å². The number of nitrogens with zero attached hydrogens (tertiary/aromatic N) is 2. The highest BCUT2D eigenvalue weighted by Crippen LogP contribution is 2.30. The number of ether oxygens (including phenoxy) is 2. The molecule has 8 nitrogen and oxygen atoms in total. The topological polar surface area (TPSA) is 106 Å². The highest BCUT2D eigenvalue weighted by atomic mass is 16.5. The van der Waals surface area contributed by atoms with Crippen LogP contribution >= 0.6 is 0 Å². The van der Waals surface area contributed by atoms with Gasteiger partial charge in [0.2, 0.25) is 11.7 Å². The Kier molecular flexibility index (Phi) is 5.59. The van der Waals surface area contributed by atoms with Gasteiger partial charge in [-0.15, -0.1) is 0 Å². The summed E-state index contributed by atoms with van der Waals surface area (Å²) in [5.74, 6) is 0.709. The van der Waals surface area contributed by atoms with Crippen LogP contribution in [0, 0.1) is 6.92 Å². The zero-order valence-corrected chi connectivity index (χ0v) is 15.6. The van der Waals surface area contributed by atoms with Gasteiger partial charge < -0.3 is 19.0 Å². The van der Waals surface area contributed by atoms with Gasteiger partial charge in [0.25, 0.3) is 0 Å². The van der Waals surface area contributed by atoms with E-state index in [1.54, 1.807) is 38.3 Å². The van der Waals surface area contributed by atoms with Crippen molar-refractivity contribution in [1.82, 2.24) is 10.4 Å². The van der Waals surface area contributed by atoms with Gasteiger partial charge in [0.1, 0.15) is 5.75 Å². The summed E-state index contributed by atoms with van der Waals surface area (Å²) in [4.78, 5) is 16.7. The van der Waals surface area contributed by atoms with Gasteiger partial charge in [-0.25, -0.2) is 10.4 Å². The first-order chi connectivity index (χ1) is 13.5. The normalized spacial score (nSPS) is 10.8. The average Bonchev–Trinajstić information content (AvgIpc) is 3.09. The number of rotatable bonds is 6. The molecule has 1 heterocycles. The molecule has 3 rings (SSSR count). The standard InChI is InChI=1S/C20H19N3O5/c1-12-18(28-20(22-12)14-6-4-5-7-16(14)26-2)19(25)23-21-11-13-8-9-17(27-3)15(24)10-13/h4-11,24H,1-3H3,(H,23,25). The molecule has 0 saturated heterocycles. The van der Waals surface area contributed by atoms with Gasteiger partial charge in [-0.1, -0.05) is 12.1 Å². The predicted molar refractivity (Wildman–Crippen MR) is 103 cm³/mol. The molecule has 3 aromatic rings. The summed E-state index contributed by atoms with van der Waals surface area (Å²) in [6, 6.07) is 12.0. The van der Waals surface area contributed by atoms with Crippen molar-refractivity contribution in [3.8, 4) is 28.7 Å². The van der Waals surface area contributed by atoms with Gasteiger partial charge >= 0.3 is 5.91 Å². The molecular weight excluding hydrogens is 362 g/mol. The second-order valence-electron chi connectivity index (χ2n) is 5.76. The van der Waals surface area contributed by atoms with E-state index in [-0.39, 0.29) is 17.4 Å². The van der Waals surface area contributed by atoms with E-state index in [4.69, 9.17) is 13.9 Å². The number of carbonyl (C=O) groups is 1. The molecule has 144 valence electrons. The third-order valence-corrected chi connectivity index (χ3v) is 3.92. The van der Waals surface area contributed by atoms with E-state index >= 15 is 0 Å². The number of hydrogen-bond acceptors (Lipinski definition) is 7. The summed E-state index contributed by atoms with van der Waals surface area (Å²) in [6.07, 6.45) is 1.39. The Hall–Kier alpha value is -3.81. The number of aryl methyl sites for hydroxylation is 1. The van der Waals surface area contributed by atoms with Crippen LogP contribution in [-0.4, -0.2) is 36.4 Å². The number of para-hydroxylation sites is 1. The molecule has 0 spiro atoms. The minimum absolute atomic E-state index is 0.0229. The van der Waals surface area contributed by atoms with E-state index in [1.807, 2.05) is 12.1 Å². The molecule has 2 aromatic carbocycles. The molecule has 1 amide bonds. The zero-order valence-electron chi connectivity index (χ0n) is 15.6. The predicted octanol–water partition coefficient (Wildman–Crippen LogP) is 3.14. The van der Waals surface area contributed by atoms with Crippen LogP contribution in [0.25, 0.3) is 11.5 Å². The highest BCUT2D eigenvalue weighted by molar-refractivity contribution is 5.93. The lowest BCUT2D eigenvalue weighted by Gasteiger charge is -2.04. The van der Waals surface area contributed by atoms with Crippen LogP contribution in [-0.2, 0) is 0 Å². The number of phenols is 1. The quantitative estimate of drug-likeness (QED) is 0.502. The van der Waals surface area contributed by atoms with Crippen molar-refractivity contribution in [1.29, 1.82) is 0 Å². The smallest absolute Gasteiger partial charge is 0.309 e. The van der Waals surface area contributed by atoms with E-state index in [1.165, 1.54) is 19.4 Å². The minimum Gasteiger partial charge on any atom is -0.504 e. The summed E-state index contributed by atoms with van der Waals surface area (Å²) >= 11 is 0. The van der Waals surface area contributed by atoms with Crippen LogP contribution < -0.4 is 14.9 Å². The lowest BCUT2D eigenvalue weighted by atomic mass is 10.2. The summed E-state index contributed by atoms with van der Waals surface area (Å²) < 4.78 is 15.9. The Bertz CT molecular complexity index is 1030. The highest BCUT2D eigenvalue weighted by Gasteiger charge is 2.19. The molecule has 1 aromatic heterocycles. The third kappa shape index (κ3) is 3.96. The Morgan fingerprint density at radius 1 is 1.18 bits per heavy atom. The third-order valence-electron chi connectivity index (χ3n) is 3.92. The molecule has 2 N–H and O–H groups in total. The number of benzene rings is 2. The number of nitrogens with one attached hydrogen (secondary N) is 1. The molecule has 28 heavy (non-hydrogen) atoms. The van der Waals surface area contributed by atoms with E-state index < -0.39 is 5.91 Å². The first-order valence-corrected chi connectivity index (χ1v) is 8.34. The summed E-state index contributed by atoms with van der Waals surface area (Å²) in [5, 5.41) is 13.6. The lowest BCUT2D eigenvalue weighted by Crippen LogP contribution is -2.17. The fourth-order valence-corrected chi connectivity index (χ4v) is 2.55. The van der Waals surface area contributed by atoms with E-state index in [9.17, 15) is 9.90 Å². The molecule has 0 aliphatic heterocycles. The molecule has 0 bridgehead atoms. The number of carbonyl (C=O) groups excluding carboxylic acids is 1. The molecule has 0 radical (unpaired) electrons. The molecule has 0 aliphatic carbocycles. The van der Waals surface area contributed by atoms with Crippen LogP contribution in [0.1, 0.15) is 21.8 Å². The van der Waals surface area contributed by atoms with Gasteiger partial charge in [0.05, 0.1) is 31.7 Å². The van der Waals surface area contributed by atoms with Crippen molar-refractivity contribution in [2.24, 2.45) is 5.10 Å². The second-order valence-corrected chi connectivity index (χ2v) is 5.76. The molecule has 8 heteroatoms. The number of hydrazone groups is 1. The van der Waals surface area contributed by atoms with Crippen LogP contribution in [0.15, 0.2) is 52.0 Å². The van der Waals surface area contributed by atoms with Crippen molar-refractivity contribution in [2.45, 2.75) is 6.92 Å². The van der Waals surface area contributed by atoms with Crippen molar-refractivity contribution in [3.05, 3.63) is 59.5 Å². The van der Waals surface area contributed by atoms with Crippen molar-refractivity contribution in [2.75, 3.05) is 14.2 Å². The maximum atomic E-state index is 12.4. The minimum atomic E-state index is -0.542. The average molecular weight is 381 g/mol. The number of aromatic nitrogens is 1. The Balaban J connectivity index is 1.75. The van der Waals surface area contributed by atoms with Gasteiger partial charge in [0.15, 0.2) is 11.5 Å².